The van der Waals surface area contributed by atoms with Crippen molar-refractivity contribution in [3.05, 3.63) is 56.9 Å². The molecular weight excluding hydrogens is 364 g/mol. The summed E-state index contributed by atoms with van der Waals surface area (Å²) in [6.45, 7) is 7.98. The van der Waals surface area contributed by atoms with Crippen LogP contribution in [-0.4, -0.2) is 21.8 Å². The number of oxime groups is 2. The molecule has 2 rings (SSSR count). The van der Waals surface area contributed by atoms with Crippen LogP contribution in [0.4, 0.5) is 0 Å². The molecule has 0 fully saturated rings. The molecule has 0 spiro atoms. The van der Waals surface area contributed by atoms with Crippen LogP contribution in [0.1, 0.15) is 37.4 Å². The highest BCUT2D eigenvalue weighted by Crippen LogP contribution is 2.12. The average Bonchev–Trinajstić information content (AvgIpc) is 3.29. The topological polar surface area (TPSA) is 65.2 Å². The van der Waals surface area contributed by atoms with E-state index in [2.05, 4.69) is 10.3 Å². The van der Waals surface area contributed by atoms with E-state index in [-0.39, 0.29) is 11.8 Å². The van der Waals surface area contributed by atoms with Gasteiger partial charge in [0.2, 0.25) is 0 Å². The quantitative estimate of drug-likeness (QED) is 0.336. The fourth-order valence-corrected chi connectivity index (χ4v) is 3.03. The Morgan fingerprint density at radius 1 is 0.808 bits per heavy atom. The smallest absolute Gasteiger partial charge is 0.0821 e. The predicted octanol–water partition coefficient (Wildman–Crippen LogP) is 6.50. The minimum Gasteiger partial charge on any atom is -0.411 e. The van der Waals surface area contributed by atoms with Crippen LogP contribution in [0.15, 0.2) is 57.5 Å². The lowest BCUT2D eigenvalue weighted by Crippen LogP contribution is -2.02. The summed E-state index contributed by atoms with van der Waals surface area (Å²) in [5.74, 6) is 0.502. The van der Waals surface area contributed by atoms with Gasteiger partial charge in [-0.3, -0.25) is 0 Å². The van der Waals surface area contributed by atoms with Gasteiger partial charge in [-0.1, -0.05) is 50.1 Å². The second-order valence-electron chi connectivity index (χ2n) is 6.06. The van der Waals surface area contributed by atoms with E-state index in [9.17, 15) is 0 Å². The fourth-order valence-electron chi connectivity index (χ4n) is 1.79. The minimum atomic E-state index is 0.251. The number of nitrogens with zero attached hydrogens (tertiary/aromatic N) is 2. The van der Waals surface area contributed by atoms with Crippen molar-refractivity contribution in [3.8, 4) is 0 Å². The lowest BCUT2D eigenvalue weighted by atomic mass is 10.1. The van der Waals surface area contributed by atoms with E-state index in [0.717, 1.165) is 0 Å². The van der Waals surface area contributed by atoms with E-state index in [0.29, 0.717) is 11.4 Å². The Labute approximate surface area is 163 Å². The first-order chi connectivity index (χ1) is 12.5. The van der Waals surface area contributed by atoms with E-state index in [1.54, 1.807) is 22.7 Å². The van der Waals surface area contributed by atoms with Gasteiger partial charge in [-0.2, -0.15) is 0 Å². The van der Waals surface area contributed by atoms with Crippen molar-refractivity contribution >= 4 is 46.2 Å². The van der Waals surface area contributed by atoms with Crippen LogP contribution in [-0.2, 0) is 0 Å². The maximum Gasteiger partial charge on any atom is 0.0821 e. The average molecular weight is 391 g/mol. The van der Waals surface area contributed by atoms with Gasteiger partial charge in [0.1, 0.15) is 0 Å². The summed E-state index contributed by atoms with van der Waals surface area (Å²) in [6.07, 6.45) is 7.60. The normalized spacial score (nSPS) is 13.0. The molecular formula is C20H26N2O2S2. The molecule has 2 aromatic heterocycles. The summed E-state index contributed by atoms with van der Waals surface area (Å²) in [5, 5.41) is 27.8. The van der Waals surface area contributed by atoms with E-state index in [1.165, 1.54) is 9.75 Å². The first-order valence-corrected chi connectivity index (χ1v) is 10.1. The Morgan fingerprint density at radius 2 is 1.19 bits per heavy atom. The van der Waals surface area contributed by atoms with Crippen molar-refractivity contribution in [3.63, 3.8) is 0 Å². The van der Waals surface area contributed by atoms with E-state index < -0.39 is 0 Å². The van der Waals surface area contributed by atoms with E-state index in [4.69, 9.17) is 10.4 Å². The number of rotatable bonds is 6. The van der Waals surface area contributed by atoms with E-state index >= 15 is 0 Å². The third-order valence-corrected chi connectivity index (χ3v) is 5.01. The summed E-state index contributed by atoms with van der Waals surface area (Å²) in [4.78, 5) is 2.34. The molecule has 6 heteroatoms. The molecule has 0 amide bonds. The maximum atomic E-state index is 8.67. The Morgan fingerprint density at radius 3 is 1.42 bits per heavy atom. The molecule has 0 saturated carbocycles. The van der Waals surface area contributed by atoms with Gasteiger partial charge in [0.25, 0.3) is 0 Å². The summed E-state index contributed by atoms with van der Waals surface area (Å²) >= 11 is 3.33. The first kappa shape index (κ1) is 21.9. The molecule has 0 aliphatic rings. The molecule has 2 heterocycles. The highest BCUT2D eigenvalue weighted by molar-refractivity contribution is 7.11. The van der Waals surface area contributed by atoms with Gasteiger partial charge in [0.05, 0.1) is 11.4 Å². The van der Waals surface area contributed by atoms with Crippen molar-refractivity contribution < 1.29 is 10.4 Å². The number of thiophene rings is 2. The molecule has 0 aliphatic carbocycles. The van der Waals surface area contributed by atoms with Crippen LogP contribution in [0.25, 0.3) is 12.2 Å². The van der Waals surface area contributed by atoms with Crippen molar-refractivity contribution in [1.82, 2.24) is 0 Å². The van der Waals surface area contributed by atoms with Gasteiger partial charge in [-0.15, -0.1) is 22.7 Å². The monoisotopic (exact) mass is 390 g/mol. The molecule has 26 heavy (non-hydrogen) atoms. The van der Waals surface area contributed by atoms with Crippen LogP contribution in [0.5, 0.6) is 0 Å². The third-order valence-electron chi connectivity index (χ3n) is 3.34. The lowest BCUT2D eigenvalue weighted by Gasteiger charge is -2.00. The highest BCUT2D eigenvalue weighted by Gasteiger charge is 2.01. The zero-order valence-electron chi connectivity index (χ0n) is 15.5. The number of hydrogen-bond acceptors (Lipinski definition) is 6. The van der Waals surface area contributed by atoms with Crippen LogP contribution >= 0.6 is 22.7 Å². The maximum absolute atomic E-state index is 8.67. The van der Waals surface area contributed by atoms with Gasteiger partial charge >= 0.3 is 0 Å². The Hall–Kier alpha value is -2.18. The third kappa shape index (κ3) is 8.27. The summed E-state index contributed by atoms with van der Waals surface area (Å²) < 4.78 is 0. The molecule has 0 bridgehead atoms. The minimum absolute atomic E-state index is 0.251. The first-order valence-electron chi connectivity index (χ1n) is 8.35. The summed E-state index contributed by atoms with van der Waals surface area (Å²) in [5.41, 5.74) is 1.40. The Kier molecular flexibility index (Phi) is 10.3. The second-order valence-corrected chi connectivity index (χ2v) is 8.02. The number of hydrogen-bond donors (Lipinski definition) is 2. The van der Waals surface area contributed by atoms with Crippen molar-refractivity contribution in [2.24, 2.45) is 22.1 Å². The van der Waals surface area contributed by atoms with E-state index in [1.807, 2.05) is 87.0 Å². The number of allylic oxidation sites excluding steroid dienone is 2. The lowest BCUT2D eigenvalue weighted by molar-refractivity contribution is 0.316. The zero-order chi connectivity index (χ0) is 19.4. The molecule has 4 nitrogen and oxygen atoms in total. The van der Waals surface area contributed by atoms with Crippen LogP contribution in [0.3, 0.4) is 0 Å². The zero-order valence-corrected chi connectivity index (χ0v) is 17.2. The van der Waals surface area contributed by atoms with Gasteiger partial charge in [-0.05, 0) is 59.0 Å². The second kappa shape index (κ2) is 12.2. The summed E-state index contributed by atoms with van der Waals surface area (Å²) in [6, 6.07) is 8.04. The van der Waals surface area contributed by atoms with Crippen LogP contribution in [0, 0.1) is 11.8 Å². The molecule has 2 aromatic rings. The molecule has 0 unspecified atom stereocenters. The SMILES string of the molecule is CC(C)C(/C=C/c1cccs1)=N/O.CC(C)C(/C=C/c1cccs1)=N\O. The fraction of sp³-hybridized carbons (Fsp3) is 0.300. The Bertz CT molecular complexity index is 662. The van der Waals surface area contributed by atoms with Crippen molar-refractivity contribution in [1.29, 1.82) is 0 Å². The molecule has 0 radical (unpaired) electrons. The largest absolute Gasteiger partial charge is 0.411 e. The molecule has 140 valence electrons. The highest BCUT2D eigenvalue weighted by atomic mass is 32.1. The molecule has 0 saturated heterocycles. The molecule has 0 atom stereocenters. The van der Waals surface area contributed by atoms with Crippen LogP contribution < -0.4 is 0 Å². The van der Waals surface area contributed by atoms with Crippen molar-refractivity contribution in [2.45, 2.75) is 27.7 Å². The van der Waals surface area contributed by atoms with Gasteiger partial charge in [0, 0.05) is 9.75 Å². The van der Waals surface area contributed by atoms with Crippen molar-refractivity contribution in [2.75, 3.05) is 0 Å². The predicted molar refractivity (Wildman–Crippen MR) is 115 cm³/mol. The van der Waals surface area contributed by atoms with Gasteiger partial charge < -0.3 is 10.4 Å². The van der Waals surface area contributed by atoms with Gasteiger partial charge in [0.15, 0.2) is 0 Å². The van der Waals surface area contributed by atoms with Gasteiger partial charge in [-0.25, -0.2) is 0 Å². The molecule has 0 aliphatic heterocycles. The standard InChI is InChI=1S/2C10H13NOS/c2*1-8(2)10(11-12)6-5-9-4-3-7-13-9/h2*3-8,12H,1-2H3/b6-5+,11-10+;6-5+,11-10-. The molecule has 0 aromatic carbocycles. The Balaban J connectivity index is 0.000000260. The van der Waals surface area contributed by atoms with Crippen LogP contribution in [0.2, 0.25) is 0 Å². The summed E-state index contributed by atoms with van der Waals surface area (Å²) in [7, 11) is 0. The molecule has 2 N–H and O–H groups in total.